The first kappa shape index (κ1) is 14.4. The molecule has 0 spiro atoms. The highest BCUT2D eigenvalue weighted by molar-refractivity contribution is 5.48. The monoisotopic (exact) mass is 261 g/mol. The van der Waals surface area contributed by atoms with E-state index >= 15 is 0 Å². The molecule has 3 heteroatoms. The van der Waals surface area contributed by atoms with Crippen molar-refractivity contribution in [1.29, 1.82) is 0 Å². The van der Waals surface area contributed by atoms with Gasteiger partial charge < -0.3 is 15.5 Å². The first-order chi connectivity index (χ1) is 8.94. The highest BCUT2D eigenvalue weighted by Crippen LogP contribution is 2.37. The molecule has 19 heavy (non-hydrogen) atoms. The van der Waals surface area contributed by atoms with Gasteiger partial charge in [-0.15, -0.1) is 0 Å². The van der Waals surface area contributed by atoms with Crippen molar-refractivity contribution >= 4 is 5.69 Å². The zero-order valence-electron chi connectivity index (χ0n) is 12.7. The summed E-state index contributed by atoms with van der Waals surface area (Å²) < 4.78 is 0. The standard InChI is InChI=1S/C16H27N3/c1-13(17)14-6-8-15(9-7-14)19(4)12-16(18(2)3)10-5-11-16/h6-9,13H,5,10-12,17H2,1-4H3/t13-/m0/s1. The van der Waals surface area contributed by atoms with Crippen LogP contribution in [0.15, 0.2) is 24.3 Å². The van der Waals surface area contributed by atoms with E-state index in [0.29, 0.717) is 5.54 Å². The minimum atomic E-state index is 0.110. The predicted octanol–water partition coefficient (Wildman–Crippen LogP) is 2.63. The van der Waals surface area contributed by atoms with Gasteiger partial charge in [0.1, 0.15) is 0 Å². The van der Waals surface area contributed by atoms with Crippen molar-refractivity contribution in [1.82, 2.24) is 4.90 Å². The van der Waals surface area contributed by atoms with Gasteiger partial charge in [0.05, 0.1) is 0 Å². The van der Waals surface area contributed by atoms with E-state index in [1.165, 1.54) is 30.5 Å². The van der Waals surface area contributed by atoms with Crippen LogP contribution < -0.4 is 10.6 Å². The van der Waals surface area contributed by atoms with Gasteiger partial charge in [-0.2, -0.15) is 0 Å². The molecule has 1 fully saturated rings. The maximum absolute atomic E-state index is 5.89. The third-order valence-corrected chi connectivity index (χ3v) is 4.62. The summed E-state index contributed by atoms with van der Waals surface area (Å²) in [4.78, 5) is 4.76. The fourth-order valence-corrected chi connectivity index (χ4v) is 2.90. The lowest BCUT2D eigenvalue weighted by atomic mass is 9.75. The molecule has 0 heterocycles. The Bertz CT molecular complexity index is 405. The summed E-state index contributed by atoms with van der Waals surface area (Å²) >= 11 is 0. The van der Waals surface area contributed by atoms with E-state index in [1.54, 1.807) is 0 Å². The SMILES string of the molecule is C[C@H](N)c1ccc(N(C)CC2(N(C)C)CCC2)cc1. The van der Waals surface area contributed by atoms with Gasteiger partial charge in [0, 0.05) is 30.9 Å². The molecule has 0 aliphatic heterocycles. The van der Waals surface area contributed by atoms with Crippen LogP contribution in [-0.4, -0.2) is 38.1 Å². The Hall–Kier alpha value is -1.06. The van der Waals surface area contributed by atoms with Crippen LogP contribution in [0.25, 0.3) is 0 Å². The van der Waals surface area contributed by atoms with Gasteiger partial charge in [-0.3, -0.25) is 0 Å². The molecule has 0 amide bonds. The van der Waals surface area contributed by atoms with Crippen molar-refractivity contribution in [2.24, 2.45) is 5.73 Å². The average molecular weight is 261 g/mol. The molecule has 1 saturated carbocycles. The van der Waals surface area contributed by atoms with E-state index in [0.717, 1.165) is 6.54 Å². The topological polar surface area (TPSA) is 32.5 Å². The summed E-state index contributed by atoms with van der Waals surface area (Å²) in [7, 11) is 6.59. The highest BCUT2D eigenvalue weighted by atomic mass is 15.2. The maximum atomic E-state index is 5.89. The third kappa shape index (κ3) is 2.93. The minimum Gasteiger partial charge on any atom is -0.373 e. The Morgan fingerprint density at radius 3 is 2.11 bits per heavy atom. The molecule has 1 aromatic rings. The van der Waals surface area contributed by atoms with Crippen LogP contribution in [0.4, 0.5) is 5.69 Å². The van der Waals surface area contributed by atoms with Crippen molar-refractivity contribution in [3.63, 3.8) is 0 Å². The summed E-state index contributed by atoms with van der Waals surface area (Å²) in [6.07, 6.45) is 3.97. The van der Waals surface area contributed by atoms with Crippen LogP contribution in [0, 0.1) is 0 Å². The van der Waals surface area contributed by atoms with Crippen molar-refractivity contribution in [2.45, 2.75) is 37.8 Å². The van der Waals surface area contributed by atoms with Crippen molar-refractivity contribution in [3.8, 4) is 0 Å². The zero-order chi connectivity index (χ0) is 14.0. The summed E-state index contributed by atoms with van der Waals surface area (Å²) in [5.74, 6) is 0. The molecule has 0 unspecified atom stereocenters. The molecule has 3 nitrogen and oxygen atoms in total. The lowest BCUT2D eigenvalue weighted by molar-refractivity contribution is 0.0683. The molecule has 106 valence electrons. The van der Waals surface area contributed by atoms with Gasteiger partial charge in [0.15, 0.2) is 0 Å². The van der Waals surface area contributed by atoms with Crippen LogP contribution in [0.3, 0.4) is 0 Å². The summed E-state index contributed by atoms with van der Waals surface area (Å²) in [5.41, 5.74) is 8.73. The molecular weight excluding hydrogens is 234 g/mol. The van der Waals surface area contributed by atoms with E-state index in [2.05, 4.69) is 55.2 Å². The van der Waals surface area contributed by atoms with E-state index in [-0.39, 0.29) is 6.04 Å². The largest absolute Gasteiger partial charge is 0.373 e. The van der Waals surface area contributed by atoms with Gasteiger partial charge in [-0.1, -0.05) is 12.1 Å². The molecule has 1 aromatic carbocycles. The van der Waals surface area contributed by atoms with Crippen molar-refractivity contribution in [2.75, 3.05) is 32.6 Å². The third-order valence-electron chi connectivity index (χ3n) is 4.62. The highest BCUT2D eigenvalue weighted by Gasteiger charge is 2.39. The van der Waals surface area contributed by atoms with Crippen LogP contribution in [0.2, 0.25) is 0 Å². The van der Waals surface area contributed by atoms with E-state index in [4.69, 9.17) is 5.73 Å². The van der Waals surface area contributed by atoms with Crippen molar-refractivity contribution in [3.05, 3.63) is 29.8 Å². The second kappa shape index (κ2) is 5.51. The molecule has 0 radical (unpaired) electrons. The first-order valence-electron chi connectivity index (χ1n) is 7.19. The lowest BCUT2D eigenvalue weighted by Gasteiger charge is -2.49. The summed E-state index contributed by atoms with van der Waals surface area (Å²) in [6, 6.07) is 8.75. The number of nitrogens with two attached hydrogens (primary N) is 1. The van der Waals surface area contributed by atoms with Gasteiger partial charge in [0.25, 0.3) is 0 Å². The Balaban J connectivity index is 2.05. The van der Waals surface area contributed by atoms with Crippen molar-refractivity contribution < 1.29 is 0 Å². The summed E-state index contributed by atoms with van der Waals surface area (Å²) in [6.45, 7) is 3.12. The van der Waals surface area contributed by atoms with Crippen LogP contribution >= 0.6 is 0 Å². The Labute approximate surface area is 117 Å². The quantitative estimate of drug-likeness (QED) is 0.884. The second-order valence-corrected chi connectivity index (χ2v) is 6.21. The maximum Gasteiger partial charge on any atom is 0.0378 e. The molecule has 1 aliphatic rings. The van der Waals surface area contributed by atoms with Gasteiger partial charge in [-0.25, -0.2) is 0 Å². The molecule has 1 aliphatic carbocycles. The predicted molar refractivity (Wildman–Crippen MR) is 82.6 cm³/mol. The van der Waals surface area contributed by atoms with E-state index in [1.807, 2.05) is 6.92 Å². The number of rotatable bonds is 5. The molecular formula is C16H27N3. The minimum absolute atomic E-state index is 0.110. The molecule has 0 saturated heterocycles. The van der Waals surface area contributed by atoms with Gasteiger partial charge in [0.2, 0.25) is 0 Å². The van der Waals surface area contributed by atoms with Crippen LogP contribution in [0.1, 0.15) is 37.8 Å². The Kier molecular flexibility index (Phi) is 4.16. The van der Waals surface area contributed by atoms with E-state index in [9.17, 15) is 0 Å². The number of likely N-dealkylation sites (N-methyl/N-ethyl adjacent to an activating group) is 2. The Morgan fingerprint density at radius 2 is 1.74 bits per heavy atom. The number of nitrogens with zero attached hydrogens (tertiary/aromatic N) is 2. The number of anilines is 1. The fraction of sp³-hybridized carbons (Fsp3) is 0.625. The molecule has 2 rings (SSSR count). The Morgan fingerprint density at radius 1 is 1.16 bits per heavy atom. The number of hydrogen-bond donors (Lipinski definition) is 1. The fourth-order valence-electron chi connectivity index (χ4n) is 2.90. The first-order valence-corrected chi connectivity index (χ1v) is 7.19. The lowest BCUT2D eigenvalue weighted by Crippen LogP contribution is -2.56. The summed E-state index contributed by atoms with van der Waals surface area (Å²) in [5, 5.41) is 0. The average Bonchev–Trinajstić information content (AvgIpc) is 2.33. The zero-order valence-corrected chi connectivity index (χ0v) is 12.7. The second-order valence-electron chi connectivity index (χ2n) is 6.21. The van der Waals surface area contributed by atoms with E-state index < -0.39 is 0 Å². The van der Waals surface area contributed by atoms with Gasteiger partial charge >= 0.3 is 0 Å². The molecule has 2 N–H and O–H groups in total. The molecule has 1 atom stereocenters. The smallest absolute Gasteiger partial charge is 0.0378 e. The van der Waals surface area contributed by atoms with Crippen LogP contribution in [-0.2, 0) is 0 Å². The molecule has 0 bridgehead atoms. The molecule has 0 aromatic heterocycles. The van der Waals surface area contributed by atoms with Crippen LogP contribution in [0.5, 0.6) is 0 Å². The number of benzene rings is 1. The van der Waals surface area contributed by atoms with Gasteiger partial charge in [-0.05, 0) is 58.0 Å². The number of hydrogen-bond acceptors (Lipinski definition) is 3. The normalized spacial score (nSPS) is 19.1.